The van der Waals surface area contributed by atoms with Crippen molar-refractivity contribution in [3.05, 3.63) is 229 Å². The zero-order valence-electron chi connectivity index (χ0n) is 38.3. The lowest BCUT2D eigenvalue weighted by Crippen LogP contribution is -2.30. The van der Waals surface area contributed by atoms with E-state index in [2.05, 4.69) is 258 Å². The van der Waals surface area contributed by atoms with E-state index in [1.165, 1.54) is 85.4 Å². The van der Waals surface area contributed by atoms with Crippen LogP contribution >= 0.6 is 0 Å². The molecule has 2 atom stereocenters. The van der Waals surface area contributed by atoms with E-state index in [9.17, 15) is 0 Å². The monoisotopic (exact) mass is 832 g/mol. The van der Waals surface area contributed by atoms with Crippen molar-refractivity contribution in [2.24, 2.45) is 5.92 Å². The number of anilines is 5. The van der Waals surface area contributed by atoms with Gasteiger partial charge in [-0.3, -0.25) is 0 Å². The number of fused-ring (bicyclic) bond motifs is 3. The minimum Gasteiger partial charge on any atom is -0.334 e. The number of nitrogens with zero attached hydrogens (tertiary/aromatic N) is 2. The van der Waals surface area contributed by atoms with Crippen LogP contribution in [0.3, 0.4) is 0 Å². The molecule has 318 valence electrons. The Hall–Kier alpha value is -6.90. The van der Waals surface area contributed by atoms with Gasteiger partial charge in [-0.15, -0.1) is 0 Å². The van der Waals surface area contributed by atoms with Gasteiger partial charge in [-0.25, -0.2) is 0 Å². The molecule has 0 radical (unpaired) electrons. The Morgan fingerprint density at radius 2 is 1.09 bits per heavy atom. The molecule has 9 rings (SSSR count). The molecular formula is C62H60N2. The molecule has 0 amide bonds. The van der Waals surface area contributed by atoms with Crippen LogP contribution in [0.15, 0.2) is 212 Å². The quantitative estimate of drug-likeness (QED) is 0.107. The summed E-state index contributed by atoms with van der Waals surface area (Å²) in [5.74, 6) is 0.609. The Kier molecular flexibility index (Phi) is 12.2. The van der Waals surface area contributed by atoms with E-state index in [4.69, 9.17) is 0 Å². The SMILES string of the molecule is CCCC(C)/C(C)=C\C=C(/C)c1ccc(N(c2ccc3c(c2)C(C)(C)c2cc(N(c4ccccc4)c4ccc(-c5ccc(-c6ccccc6)cc5)cc4)ccc2-3)C2C=CC=CC2)cc1. The summed E-state index contributed by atoms with van der Waals surface area (Å²) in [7, 11) is 0. The van der Waals surface area contributed by atoms with E-state index in [0.717, 1.165) is 23.5 Å². The second-order valence-electron chi connectivity index (χ2n) is 18.2. The molecule has 0 fully saturated rings. The maximum absolute atomic E-state index is 2.53. The zero-order valence-corrected chi connectivity index (χ0v) is 38.3. The number of hydrogen-bond donors (Lipinski definition) is 0. The molecule has 0 N–H and O–H groups in total. The predicted octanol–water partition coefficient (Wildman–Crippen LogP) is 17.6. The van der Waals surface area contributed by atoms with Crippen molar-refractivity contribution in [1.82, 2.24) is 0 Å². The van der Waals surface area contributed by atoms with Crippen molar-refractivity contribution in [2.45, 2.75) is 72.3 Å². The molecule has 0 saturated heterocycles. The van der Waals surface area contributed by atoms with Crippen LogP contribution in [0.4, 0.5) is 28.4 Å². The average Bonchev–Trinajstić information content (AvgIpc) is 3.57. The van der Waals surface area contributed by atoms with Crippen LogP contribution in [-0.2, 0) is 5.41 Å². The van der Waals surface area contributed by atoms with Crippen molar-refractivity contribution in [2.75, 3.05) is 9.80 Å². The standard InChI is InChI=1S/C62H60N2/c1-7-17-44(2)45(3)24-25-46(4)47-30-34-54(35-31-47)63(52-20-13-9-14-21-52)56-38-40-58-59-41-39-57(43-61(59)62(5,6)60(58)42-56)64(53-22-15-10-16-23-53)55-36-32-51(33-37-55)50-28-26-49(27-29-50)48-18-11-8-12-19-48/h8-16,18-20,22-44,52H,7,17,21H2,1-6H3/b45-24-,46-25+. The molecule has 0 spiro atoms. The molecule has 2 aliphatic carbocycles. The molecule has 2 heteroatoms. The molecule has 2 unspecified atom stereocenters. The van der Waals surface area contributed by atoms with E-state index in [0.29, 0.717) is 5.92 Å². The molecule has 0 heterocycles. The lowest BCUT2D eigenvalue weighted by Gasteiger charge is -2.34. The summed E-state index contributed by atoms with van der Waals surface area (Å²) in [5.41, 5.74) is 19.8. The maximum Gasteiger partial charge on any atom is 0.0559 e. The lowest BCUT2D eigenvalue weighted by atomic mass is 9.82. The largest absolute Gasteiger partial charge is 0.334 e. The minimum atomic E-state index is -0.213. The summed E-state index contributed by atoms with van der Waals surface area (Å²) in [5, 5.41) is 0. The highest BCUT2D eigenvalue weighted by molar-refractivity contribution is 5.88. The first-order valence-electron chi connectivity index (χ1n) is 23.2. The van der Waals surface area contributed by atoms with E-state index in [1.54, 1.807) is 0 Å². The van der Waals surface area contributed by atoms with Crippen LogP contribution in [0.1, 0.15) is 77.5 Å². The second-order valence-corrected chi connectivity index (χ2v) is 18.2. The molecule has 7 aromatic carbocycles. The number of allylic oxidation sites excluding steroid dienone is 6. The minimum absolute atomic E-state index is 0.213. The van der Waals surface area contributed by atoms with E-state index < -0.39 is 0 Å². The molecule has 0 aromatic heterocycles. The summed E-state index contributed by atoms with van der Waals surface area (Å²) < 4.78 is 0. The molecule has 2 aliphatic rings. The fourth-order valence-electron chi connectivity index (χ4n) is 9.67. The van der Waals surface area contributed by atoms with Crippen LogP contribution in [-0.4, -0.2) is 6.04 Å². The van der Waals surface area contributed by atoms with Crippen LogP contribution in [0, 0.1) is 5.92 Å². The Morgan fingerprint density at radius 1 is 0.578 bits per heavy atom. The zero-order chi connectivity index (χ0) is 44.2. The second kappa shape index (κ2) is 18.4. The normalized spacial score (nSPS) is 15.7. The Balaban J connectivity index is 1.02. The average molecular weight is 833 g/mol. The van der Waals surface area contributed by atoms with Crippen LogP contribution < -0.4 is 9.80 Å². The highest BCUT2D eigenvalue weighted by Crippen LogP contribution is 2.52. The van der Waals surface area contributed by atoms with Crippen molar-refractivity contribution >= 4 is 34.0 Å². The molecule has 64 heavy (non-hydrogen) atoms. The number of benzene rings is 7. The van der Waals surface area contributed by atoms with Gasteiger partial charge in [-0.2, -0.15) is 0 Å². The number of hydrogen-bond acceptors (Lipinski definition) is 2. The van der Waals surface area contributed by atoms with Gasteiger partial charge in [0.15, 0.2) is 0 Å². The van der Waals surface area contributed by atoms with E-state index >= 15 is 0 Å². The van der Waals surface area contributed by atoms with Crippen LogP contribution in [0.25, 0.3) is 39.0 Å². The van der Waals surface area contributed by atoms with Gasteiger partial charge >= 0.3 is 0 Å². The van der Waals surface area contributed by atoms with E-state index in [-0.39, 0.29) is 11.5 Å². The molecule has 0 saturated carbocycles. The molecule has 7 aromatic rings. The predicted molar refractivity (Wildman–Crippen MR) is 276 cm³/mol. The summed E-state index contributed by atoms with van der Waals surface area (Å²) in [6.07, 6.45) is 17.0. The van der Waals surface area contributed by atoms with Crippen molar-refractivity contribution < 1.29 is 0 Å². The summed E-state index contributed by atoms with van der Waals surface area (Å²) in [6.45, 7) is 13.9. The maximum atomic E-state index is 2.53. The van der Waals surface area contributed by atoms with Gasteiger partial charge in [0.1, 0.15) is 0 Å². The third kappa shape index (κ3) is 8.58. The van der Waals surface area contributed by atoms with Gasteiger partial charge in [0.05, 0.1) is 6.04 Å². The first kappa shape index (κ1) is 42.4. The van der Waals surface area contributed by atoms with Gasteiger partial charge in [-0.05, 0) is 149 Å². The van der Waals surface area contributed by atoms with Crippen molar-refractivity contribution in [3.8, 4) is 33.4 Å². The highest BCUT2D eigenvalue weighted by Gasteiger charge is 2.37. The molecule has 0 bridgehead atoms. The van der Waals surface area contributed by atoms with E-state index in [1.807, 2.05) is 0 Å². The van der Waals surface area contributed by atoms with Gasteiger partial charge in [-0.1, -0.05) is 185 Å². The first-order valence-corrected chi connectivity index (χ1v) is 23.2. The molecule has 2 nitrogen and oxygen atoms in total. The van der Waals surface area contributed by atoms with Gasteiger partial charge in [0.2, 0.25) is 0 Å². The lowest BCUT2D eigenvalue weighted by molar-refractivity contribution is 0.602. The van der Waals surface area contributed by atoms with Crippen LogP contribution in [0.5, 0.6) is 0 Å². The first-order chi connectivity index (χ1) is 31.2. The fraction of sp³-hybridized carbons (Fsp3) is 0.194. The Morgan fingerprint density at radius 3 is 1.69 bits per heavy atom. The summed E-state index contributed by atoms with van der Waals surface area (Å²) in [4.78, 5) is 4.92. The van der Waals surface area contributed by atoms with Crippen molar-refractivity contribution in [1.29, 1.82) is 0 Å². The summed E-state index contributed by atoms with van der Waals surface area (Å²) >= 11 is 0. The third-order valence-corrected chi connectivity index (χ3v) is 13.6. The molecular weight excluding hydrogens is 773 g/mol. The number of rotatable bonds is 13. The van der Waals surface area contributed by atoms with Gasteiger partial charge in [0.25, 0.3) is 0 Å². The number of para-hydroxylation sites is 1. The Labute approximate surface area is 382 Å². The molecule has 0 aliphatic heterocycles. The highest BCUT2D eigenvalue weighted by atomic mass is 15.2. The third-order valence-electron chi connectivity index (χ3n) is 13.6. The van der Waals surface area contributed by atoms with Crippen LogP contribution in [0.2, 0.25) is 0 Å². The van der Waals surface area contributed by atoms with Crippen molar-refractivity contribution in [3.63, 3.8) is 0 Å². The smallest absolute Gasteiger partial charge is 0.0559 e. The summed E-state index contributed by atoms with van der Waals surface area (Å²) in [6, 6.07) is 62.9. The fourth-order valence-corrected chi connectivity index (χ4v) is 9.67. The van der Waals surface area contributed by atoms with Gasteiger partial charge in [0, 0.05) is 33.9 Å². The topological polar surface area (TPSA) is 6.48 Å². The Bertz CT molecular complexity index is 2840. The van der Waals surface area contributed by atoms with Gasteiger partial charge < -0.3 is 9.80 Å².